The number of amides is 1. The van der Waals surface area contributed by atoms with Crippen LogP contribution in [0.4, 0.5) is 8.78 Å². The summed E-state index contributed by atoms with van der Waals surface area (Å²) in [6.45, 7) is -2.85. The maximum atomic E-state index is 12.4. The van der Waals surface area contributed by atoms with Crippen LogP contribution < -0.4 is 10.1 Å². The molecular weight excluding hydrogens is 338 g/mol. The molecule has 0 fully saturated rings. The Morgan fingerprint density at radius 3 is 2.96 bits per heavy atom. The number of ether oxygens (including phenoxy) is 1. The molecule has 0 saturated carbocycles. The van der Waals surface area contributed by atoms with E-state index in [0.29, 0.717) is 5.56 Å². The molecule has 2 aromatic rings. The fraction of sp³-hybridized carbons (Fsp3) is 0.294. The van der Waals surface area contributed by atoms with E-state index in [1.54, 1.807) is 18.2 Å². The van der Waals surface area contributed by atoms with Crippen molar-refractivity contribution in [3.8, 4) is 5.75 Å². The summed E-state index contributed by atoms with van der Waals surface area (Å²) in [7, 11) is 0. The largest absolute Gasteiger partial charge is 0.435 e. The van der Waals surface area contributed by atoms with Crippen molar-refractivity contribution >= 4 is 17.5 Å². The number of hydrogen-bond acceptors (Lipinski definition) is 3. The third-order valence-corrected chi connectivity index (χ3v) is 4.28. The van der Waals surface area contributed by atoms with Crippen molar-refractivity contribution in [1.82, 2.24) is 10.3 Å². The van der Waals surface area contributed by atoms with Gasteiger partial charge in [0.15, 0.2) is 0 Å². The Morgan fingerprint density at radius 1 is 1.38 bits per heavy atom. The van der Waals surface area contributed by atoms with E-state index in [-0.39, 0.29) is 22.7 Å². The molecular formula is C17H15ClF2N2O2. The number of aromatic nitrogens is 1. The molecule has 1 N–H and O–H groups in total. The fourth-order valence-electron chi connectivity index (χ4n) is 2.91. The van der Waals surface area contributed by atoms with Crippen LogP contribution in [0.25, 0.3) is 0 Å². The molecule has 0 bridgehead atoms. The number of hydrogen-bond donors (Lipinski definition) is 1. The van der Waals surface area contributed by atoms with Gasteiger partial charge in [-0.25, -0.2) is 0 Å². The molecule has 1 aliphatic rings. The lowest BCUT2D eigenvalue weighted by atomic mass is 9.87. The first-order chi connectivity index (χ1) is 11.5. The molecule has 0 saturated heterocycles. The second kappa shape index (κ2) is 7.13. The Kier molecular flexibility index (Phi) is 4.94. The normalized spacial score (nSPS) is 16.6. The minimum Gasteiger partial charge on any atom is -0.435 e. The molecule has 3 rings (SSSR count). The summed E-state index contributed by atoms with van der Waals surface area (Å²) in [6.07, 6.45) is 5.30. The van der Waals surface area contributed by atoms with Crippen LogP contribution in [0.3, 0.4) is 0 Å². The summed E-state index contributed by atoms with van der Waals surface area (Å²) in [5.74, 6) is -0.152. The SMILES string of the molecule is O=C(NC1CCCc2cc(OC(F)F)ccc21)c1ccncc1Cl. The van der Waals surface area contributed by atoms with E-state index >= 15 is 0 Å². The Hall–Kier alpha value is -2.21. The molecule has 24 heavy (non-hydrogen) atoms. The van der Waals surface area contributed by atoms with Gasteiger partial charge in [0.05, 0.1) is 16.6 Å². The first-order valence-electron chi connectivity index (χ1n) is 7.52. The molecule has 0 aliphatic heterocycles. The number of carbonyl (C=O) groups is 1. The Balaban J connectivity index is 1.80. The molecule has 4 nitrogen and oxygen atoms in total. The number of rotatable bonds is 4. The van der Waals surface area contributed by atoms with E-state index < -0.39 is 6.61 Å². The lowest BCUT2D eigenvalue weighted by Gasteiger charge is -2.27. The highest BCUT2D eigenvalue weighted by molar-refractivity contribution is 6.33. The quantitative estimate of drug-likeness (QED) is 0.899. The highest BCUT2D eigenvalue weighted by Crippen LogP contribution is 2.33. The Labute approximate surface area is 142 Å². The smallest absolute Gasteiger partial charge is 0.387 e. The van der Waals surface area contributed by atoms with Crippen molar-refractivity contribution in [2.24, 2.45) is 0 Å². The zero-order valence-electron chi connectivity index (χ0n) is 12.6. The number of nitrogens with zero attached hydrogens (tertiary/aromatic N) is 1. The number of aryl methyl sites for hydroxylation is 1. The van der Waals surface area contributed by atoms with E-state index in [9.17, 15) is 13.6 Å². The average molecular weight is 353 g/mol. The van der Waals surface area contributed by atoms with Crippen molar-refractivity contribution < 1.29 is 18.3 Å². The minimum atomic E-state index is -2.85. The summed E-state index contributed by atoms with van der Waals surface area (Å²) in [5.41, 5.74) is 2.18. The molecule has 1 amide bonds. The number of fused-ring (bicyclic) bond motifs is 1. The van der Waals surface area contributed by atoms with Crippen molar-refractivity contribution in [2.45, 2.75) is 31.9 Å². The van der Waals surface area contributed by atoms with Crippen molar-refractivity contribution in [3.63, 3.8) is 0 Å². The van der Waals surface area contributed by atoms with Gasteiger partial charge in [-0.05, 0) is 48.6 Å². The van der Waals surface area contributed by atoms with Crippen LogP contribution in [-0.2, 0) is 6.42 Å². The maximum Gasteiger partial charge on any atom is 0.387 e. The maximum absolute atomic E-state index is 12.4. The molecule has 0 spiro atoms. The van der Waals surface area contributed by atoms with Gasteiger partial charge in [-0.3, -0.25) is 9.78 Å². The number of nitrogens with one attached hydrogen (secondary N) is 1. The lowest BCUT2D eigenvalue weighted by Crippen LogP contribution is -2.31. The van der Waals surface area contributed by atoms with Crippen LogP contribution in [0.1, 0.15) is 40.4 Å². The van der Waals surface area contributed by atoms with E-state index in [1.165, 1.54) is 18.5 Å². The summed E-state index contributed by atoms with van der Waals surface area (Å²) in [6, 6.07) is 6.20. The lowest BCUT2D eigenvalue weighted by molar-refractivity contribution is -0.0499. The first-order valence-corrected chi connectivity index (χ1v) is 7.90. The molecule has 0 radical (unpaired) electrons. The van der Waals surface area contributed by atoms with Crippen molar-refractivity contribution in [2.75, 3.05) is 0 Å². The molecule has 126 valence electrons. The first kappa shape index (κ1) is 16.6. The summed E-state index contributed by atoms with van der Waals surface area (Å²) in [4.78, 5) is 16.3. The number of alkyl halides is 2. The van der Waals surface area contributed by atoms with Gasteiger partial charge in [-0.15, -0.1) is 0 Å². The van der Waals surface area contributed by atoms with Gasteiger partial charge in [-0.2, -0.15) is 8.78 Å². The van der Waals surface area contributed by atoms with Crippen LogP contribution >= 0.6 is 11.6 Å². The van der Waals surface area contributed by atoms with Crippen molar-refractivity contribution in [3.05, 3.63) is 58.4 Å². The van der Waals surface area contributed by atoms with Gasteiger partial charge < -0.3 is 10.1 Å². The van der Waals surface area contributed by atoms with Gasteiger partial charge in [0.1, 0.15) is 5.75 Å². The second-order valence-electron chi connectivity index (χ2n) is 5.51. The van der Waals surface area contributed by atoms with Gasteiger partial charge in [-0.1, -0.05) is 17.7 Å². The summed E-state index contributed by atoms with van der Waals surface area (Å²) in [5, 5.41) is 3.24. The standard InChI is InChI=1S/C17H15ClF2N2O2/c18-14-9-21-7-6-13(14)16(23)22-15-3-1-2-10-8-11(24-17(19)20)4-5-12(10)15/h4-9,15,17H,1-3H2,(H,22,23). The number of carbonyl (C=O) groups excluding carboxylic acids is 1. The third-order valence-electron chi connectivity index (χ3n) is 3.98. The van der Waals surface area contributed by atoms with E-state index in [0.717, 1.165) is 30.4 Å². The predicted octanol–water partition coefficient (Wildman–Crippen LogP) is 4.14. The second-order valence-corrected chi connectivity index (χ2v) is 5.92. The number of halogens is 3. The van der Waals surface area contributed by atoms with Crippen LogP contribution in [0.5, 0.6) is 5.75 Å². The van der Waals surface area contributed by atoms with Crippen LogP contribution in [0.15, 0.2) is 36.7 Å². The monoisotopic (exact) mass is 352 g/mol. The Bertz CT molecular complexity index is 755. The third kappa shape index (κ3) is 3.64. The molecule has 1 aromatic carbocycles. The molecule has 1 atom stereocenters. The number of pyridine rings is 1. The Morgan fingerprint density at radius 2 is 2.21 bits per heavy atom. The van der Waals surface area contributed by atoms with E-state index in [1.807, 2.05) is 0 Å². The molecule has 1 aromatic heterocycles. The number of benzene rings is 1. The molecule has 1 heterocycles. The van der Waals surface area contributed by atoms with Crippen LogP contribution in [0.2, 0.25) is 5.02 Å². The van der Waals surface area contributed by atoms with Gasteiger partial charge >= 0.3 is 6.61 Å². The van der Waals surface area contributed by atoms with Crippen LogP contribution in [-0.4, -0.2) is 17.5 Å². The van der Waals surface area contributed by atoms with Crippen molar-refractivity contribution in [1.29, 1.82) is 0 Å². The fourth-order valence-corrected chi connectivity index (χ4v) is 3.12. The minimum absolute atomic E-state index is 0.132. The molecule has 7 heteroatoms. The zero-order valence-corrected chi connectivity index (χ0v) is 13.4. The van der Waals surface area contributed by atoms with Crippen LogP contribution in [0, 0.1) is 0 Å². The average Bonchev–Trinajstić information content (AvgIpc) is 2.54. The van der Waals surface area contributed by atoms with Gasteiger partial charge in [0, 0.05) is 12.4 Å². The predicted molar refractivity (Wildman–Crippen MR) is 85.5 cm³/mol. The van der Waals surface area contributed by atoms with E-state index in [2.05, 4.69) is 15.0 Å². The topological polar surface area (TPSA) is 51.2 Å². The highest BCUT2D eigenvalue weighted by Gasteiger charge is 2.23. The van der Waals surface area contributed by atoms with Gasteiger partial charge in [0.2, 0.25) is 0 Å². The highest BCUT2D eigenvalue weighted by atomic mass is 35.5. The van der Waals surface area contributed by atoms with E-state index in [4.69, 9.17) is 11.6 Å². The summed E-state index contributed by atoms with van der Waals surface area (Å²) >= 11 is 6.00. The summed E-state index contributed by atoms with van der Waals surface area (Å²) < 4.78 is 29.1. The van der Waals surface area contributed by atoms with Gasteiger partial charge in [0.25, 0.3) is 5.91 Å². The molecule has 1 aliphatic carbocycles. The molecule has 1 unspecified atom stereocenters. The zero-order chi connectivity index (χ0) is 17.1.